The molecule has 0 aromatic rings. The Morgan fingerprint density at radius 2 is 1.25 bits per heavy atom. The maximum Gasteiger partial charge on any atom is 0.202 e. The summed E-state index contributed by atoms with van der Waals surface area (Å²) in [6.07, 6.45) is 0. The van der Waals surface area contributed by atoms with Gasteiger partial charge in [0.2, 0.25) is 11.6 Å². The number of carbonyl (C=O) groups excluding carboxylic acids is 2. The molecule has 0 saturated heterocycles. The zero-order valence-electron chi connectivity index (χ0n) is 4.97. The van der Waals surface area contributed by atoms with Crippen LogP contribution >= 0.6 is 0 Å². The number of Topliss-reactive ketones (excluding diaryl/α,β-unsaturated/α-hetero) is 2. The molecule has 1 aliphatic rings. The fourth-order valence-corrected chi connectivity index (χ4v) is 0.807. The highest BCUT2D eigenvalue weighted by Gasteiger charge is 2.42. The first-order chi connectivity index (χ1) is 3.64. The Morgan fingerprint density at radius 3 is 1.38 bits per heavy atom. The lowest BCUT2D eigenvalue weighted by molar-refractivity contribution is -0.151. The van der Waals surface area contributed by atoms with E-state index in [2.05, 4.69) is 0 Å². The number of hydrogen-bond donors (Lipinski definition) is 0. The molecule has 2 atom stereocenters. The van der Waals surface area contributed by atoms with Gasteiger partial charge in [-0.05, 0) is 0 Å². The Labute approximate surface area is 47.9 Å². The zero-order chi connectivity index (χ0) is 6.31. The summed E-state index contributed by atoms with van der Waals surface area (Å²) in [6.45, 7) is 3.57. The summed E-state index contributed by atoms with van der Waals surface area (Å²) in [6, 6.07) is 0. The van der Waals surface area contributed by atoms with Crippen LogP contribution in [0.5, 0.6) is 0 Å². The van der Waals surface area contributed by atoms with E-state index in [0.717, 1.165) is 0 Å². The third kappa shape index (κ3) is 0.427. The van der Waals surface area contributed by atoms with E-state index < -0.39 is 0 Å². The fourth-order valence-electron chi connectivity index (χ4n) is 0.807. The van der Waals surface area contributed by atoms with Crippen molar-refractivity contribution in [3.8, 4) is 0 Å². The maximum absolute atomic E-state index is 10.4. The number of ketones is 2. The van der Waals surface area contributed by atoms with Crippen molar-refractivity contribution in [1.29, 1.82) is 0 Å². The first-order valence-electron chi connectivity index (χ1n) is 2.72. The lowest BCUT2D eigenvalue weighted by Gasteiger charge is -2.25. The van der Waals surface area contributed by atoms with Crippen molar-refractivity contribution in [2.75, 3.05) is 0 Å². The monoisotopic (exact) mass is 112 g/mol. The Bertz CT molecular complexity index is 131. The van der Waals surface area contributed by atoms with Crippen molar-refractivity contribution in [2.45, 2.75) is 13.8 Å². The predicted molar refractivity (Wildman–Crippen MR) is 28.3 cm³/mol. The van der Waals surface area contributed by atoms with Crippen LogP contribution in [0, 0.1) is 11.8 Å². The van der Waals surface area contributed by atoms with Crippen molar-refractivity contribution in [3.63, 3.8) is 0 Å². The van der Waals surface area contributed by atoms with E-state index in [1.165, 1.54) is 0 Å². The van der Waals surface area contributed by atoms with Gasteiger partial charge in [0, 0.05) is 11.8 Å². The molecule has 0 radical (unpaired) electrons. The Hall–Kier alpha value is -0.660. The summed E-state index contributed by atoms with van der Waals surface area (Å²) in [7, 11) is 0. The molecule has 0 aromatic heterocycles. The van der Waals surface area contributed by atoms with Gasteiger partial charge in [0.05, 0.1) is 0 Å². The second-order valence-corrected chi connectivity index (χ2v) is 2.31. The quantitative estimate of drug-likeness (QED) is 0.425. The number of carbonyl (C=O) groups is 2. The third-order valence-electron chi connectivity index (χ3n) is 1.82. The Kier molecular flexibility index (Phi) is 0.962. The summed E-state index contributed by atoms with van der Waals surface area (Å²) in [5.41, 5.74) is 0. The largest absolute Gasteiger partial charge is 0.291 e. The van der Waals surface area contributed by atoms with Gasteiger partial charge in [0.15, 0.2) is 0 Å². The molecule has 2 heteroatoms. The molecule has 0 amide bonds. The van der Waals surface area contributed by atoms with Crippen LogP contribution in [0.25, 0.3) is 0 Å². The standard InChI is InChI=1S/C6H8O2/c1-3-4(2)6(8)5(3)7/h3-4H,1-2H3/t3-,4?/m1/s1. The van der Waals surface area contributed by atoms with Crippen LogP contribution < -0.4 is 0 Å². The Morgan fingerprint density at radius 1 is 1.00 bits per heavy atom. The van der Waals surface area contributed by atoms with E-state index in [1.54, 1.807) is 13.8 Å². The summed E-state index contributed by atoms with van der Waals surface area (Å²) in [5, 5.41) is 0. The molecule has 1 saturated carbocycles. The van der Waals surface area contributed by atoms with Crippen LogP contribution in [0.4, 0.5) is 0 Å². The summed E-state index contributed by atoms with van der Waals surface area (Å²) in [4.78, 5) is 20.8. The molecular formula is C6H8O2. The van der Waals surface area contributed by atoms with Gasteiger partial charge in [-0.15, -0.1) is 0 Å². The average Bonchev–Trinajstić information content (AvgIpc) is 1.83. The molecular weight excluding hydrogens is 104 g/mol. The molecule has 1 unspecified atom stereocenters. The van der Waals surface area contributed by atoms with Crippen molar-refractivity contribution in [1.82, 2.24) is 0 Å². The molecule has 0 heterocycles. The number of hydrogen-bond acceptors (Lipinski definition) is 2. The average molecular weight is 112 g/mol. The van der Waals surface area contributed by atoms with Gasteiger partial charge in [-0.3, -0.25) is 9.59 Å². The summed E-state index contributed by atoms with van der Waals surface area (Å²) < 4.78 is 0. The van der Waals surface area contributed by atoms with Gasteiger partial charge in [-0.1, -0.05) is 13.8 Å². The van der Waals surface area contributed by atoms with Crippen molar-refractivity contribution in [3.05, 3.63) is 0 Å². The highest BCUT2D eigenvalue weighted by Crippen LogP contribution is 2.24. The first-order valence-corrected chi connectivity index (χ1v) is 2.72. The molecule has 0 bridgehead atoms. The second-order valence-electron chi connectivity index (χ2n) is 2.31. The molecule has 0 spiro atoms. The minimum absolute atomic E-state index is 0.0116. The smallest absolute Gasteiger partial charge is 0.202 e. The first kappa shape index (κ1) is 5.48. The van der Waals surface area contributed by atoms with Gasteiger partial charge < -0.3 is 0 Å². The van der Waals surface area contributed by atoms with Crippen LogP contribution in [0.2, 0.25) is 0 Å². The van der Waals surface area contributed by atoms with Gasteiger partial charge >= 0.3 is 0 Å². The second kappa shape index (κ2) is 1.41. The molecule has 1 rings (SSSR count). The molecule has 1 fully saturated rings. The van der Waals surface area contributed by atoms with E-state index in [9.17, 15) is 9.59 Å². The van der Waals surface area contributed by atoms with Crippen molar-refractivity contribution < 1.29 is 9.59 Å². The zero-order valence-corrected chi connectivity index (χ0v) is 4.97. The molecule has 1 aliphatic carbocycles. The van der Waals surface area contributed by atoms with Gasteiger partial charge in [-0.2, -0.15) is 0 Å². The van der Waals surface area contributed by atoms with Crippen molar-refractivity contribution in [2.24, 2.45) is 11.8 Å². The highest BCUT2D eigenvalue weighted by molar-refractivity contribution is 6.45. The van der Waals surface area contributed by atoms with E-state index in [-0.39, 0.29) is 23.4 Å². The predicted octanol–water partition coefficient (Wildman–Crippen LogP) is 0.410. The lowest BCUT2D eigenvalue weighted by Crippen LogP contribution is -2.44. The highest BCUT2D eigenvalue weighted by atomic mass is 16.2. The molecule has 0 N–H and O–H groups in total. The lowest BCUT2D eigenvalue weighted by atomic mass is 9.74. The maximum atomic E-state index is 10.4. The summed E-state index contributed by atoms with van der Waals surface area (Å²) >= 11 is 0. The van der Waals surface area contributed by atoms with Crippen LogP contribution in [0.3, 0.4) is 0 Å². The molecule has 8 heavy (non-hydrogen) atoms. The third-order valence-corrected chi connectivity index (χ3v) is 1.82. The Balaban J connectivity index is 2.68. The summed E-state index contributed by atoms with van der Waals surface area (Å²) in [5.74, 6) is -0.417. The van der Waals surface area contributed by atoms with Crippen molar-refractivity contribution >= 4 is 11.6 Å². The fraction of sp³-hybridized carbons (Fsp3) is 0.667. The molecule has 44 valence electrons. The van der Waals surface area contributed by atoms with Gasteiger partial charge in [-0.25, -0.2) is 0 Å². The minimum atomic E-state index is -0.197. The SMILES string of the molecule is CC1C(=O)C(=O)[C@@H]1C. The molecule has 0 aliphatic heterocycles. The molecule has 2 nitrogen and oxygen atoms in total. The van der Waals surface area contributed by atoms with E-state index >= 15 is 0 Å². The van der Waals surface area contributed by atoms with E-state index in [0.29, 0.717) is 0 Å². The van der Waals surface area contributed by atoms with E-state index in [4.69, 9.17) is 0 Å². The van der Waals surface area contributed by atoms with Crippen LogP contribution in [0.1, 0.15) is 13.8 Å². The van der Waals surface area contributed by atoms with E-state index in [1.807, 2.05) is 0 Å². The van der Waals surface area contributed by atoms with Gasteiger partial charge in [0.1, 0.15) is 0 Å². The topological polar surface area (TPSA) is 34.1 Å². The molecule has 0 aromatic carbocycles. The number of rotatable bonds is 0. The van der Waals surface area contributed by atoms with Gasteiger partial charge in [0.25, 0.3) is 0 Å². The van der Waals surface area contributed by atoms with Crippen LogP contribution in [0.15, 0.2) is 0 Å². The minimum Gasteiger partial charge on any atom is -0.291 e. The van der Waals surface area contributed by atoms with Crippen LogP contribution in [-0.4, -0.2) is 11.6 Å². The normalized spacial score (nSPS) is 37.2. The van der Waals surface area contributed by atoms with Crippen LogP contribution in [-0.2, 0) is 9.59 Å².